The van der Waals surface area contributed by atoms with Crippen LogP contribution in [0.2, 0.25) is 0 Å². The van der Waals surface area contributed by atoms with Crippen molar-refractivity contribution in [2.24, 2.45) is 11.7 Å². The largest absolute Gasteiger partial charge is 0.444 e. The predicted octanol–water partition coefficient (Wildman–Crippen LogP) is 3.03. The lowest BCUT2D eigenvalue weighted by Crippen LogP contribution is -2.45. The number of nitrogens with one attached hydrogen (secondary N) is 1. The van der Waals surface area contributed by atoms with Crippen LogP contribution in [0.15, 0.2) is 34.7 Å². The molecule has 3 N–H and O–H groups in total. The number of carbonyl (C=O) groups excluding carboxylic acids is 1. The van der Waals surface area contributed by atoms with Gasteiger partial charge < -0.3 is 15.5 Å². The zero-order chi connectivity index (χ0) is 19.2. The molecule has 2 heterocycles. The van der Waals surface area contributed by atoms with Crippen molar-refractivity contribution in [3.8, 4) is 0 Å². The van der Waals surface area contributed by atoms with Gasteiger partial charge in [0.05, 0.1) is 18.3 Å². The van der Waals surface area contributed by atoms with Gasteiger partial charge in [-0.2, -0.15) is 0 Å². The molecule has 0 saturated carbocycles. The summed E-state index contributed by atoms with van der Waals surface area (Å²) in [5.41, 5.74) is 8.10. The number of aryl methyl sites for hydroxylation is 2. The van der Waals surface area contributed by atoms with Crippen molar-refractivity contribution < 1.29 is 9.21 Å². The normalized spacial score (nSPS) is 15.8. The van der Waals surface area contributed by atoms with E-state index in [1.165, 1.54) is 0 Å². The number of nitrogens with zero attached hydrogens (tertiary/aromatic N) is 2. The van der Waals surface area contributed by atoms with E-state index in [-0.39, 0.29) is 30.7 Å². The molecule has 0 radical (unpaired) electrons. The van der Waals surface area contributed by atoms with E-state index in [2.05, 4.69) is 15.2 Å². The Bertz CT molecular complexity index is 727. The fourth-order valence-electron chi connectivity index (χ4n) is 3.48. The van der Waals surface area contributed by atoms with Crippen molar-refractivity contribution in [2.45, 2.75) is 45.7 Å². The van der Waals surface area contributed by atoms with Gasteiger partial charge in [0.15, 0.2) is 0 Å². The van der Waals surface area contributed by atoms with E-state index >= 15 is 0 Å². The first-order valence-corrected chi connectivity index (χ1v) is 9.73. The van der Waals surface area contributed by atoms with Gasteiger partial charge >= 0.3 is 0 Å². The highest BCUT2D eigenvalue weighted by molar-refractivity contribution is 5.85. The molecule has 2 aromatic rings. The first kappa shape index (κ1) is 25.4. The van der Waals surface area contributed by atoms with Gasteiger partial charge in [-0.25, -0.2) is 4.98 Å². The van der Waals surface area contributed by atoms with E-state index in [1.807, 2.05) is 44.2 Å². The molecule has 1 aromatic carbocycles. The van der Waals surface area contributed by atoms with E-state index < -0.39 is 6.04 Å². The smallest absolute Gasteiger partial charge is 0.237 e. The van der Waals surface area contributed by atoms with Crippen molar-refractivity contribution >= 4 is 30.7 Å². The number of hydrogen-bond acceptors (Lipinski definition) is 5. The Labute approximate surface area is 185 Å². The molecule has 29 heavy (non-hydrogen) atoms. The molecular formula is C21H32Cl2N4O2. The molecule has 162 valence electrons. The molecule has 1 saturated heterocycles. The molecule has 1 unspecified atom stereocenters. The number of aromatic nitrogens is 1. The van der Waals surface area contributed by atoms with E-state index in [4.69, 9.17) is 10.2 Å². The fourth-order valence-corrected chi connectivity index (χ4v) is 3.48. The third kappa shape index (κ3) is 7.63. The van der Waals surface area contributed by atoms with Gasteiger partial charge in [-0.05, 0) is 57.7 Å². The lowest BCUT2D eigenvalue weighted by atomic mass is 9.96. The number of amides is 1. The van der Waals surface area contributed by atoms with Crippen LogP contribution in [-0.4, -0.2) is 41.5 Å². The van der Waals surface area contributed by atoms with Crippen LogP contribution in [-0.2, 0) is 17.8 Å². The minimum absolute atomic E-state index is 0. The summed E-state index contributed by atoms with van der Waals surface area (Å²) in [6.07, 6.45) is 2.69. The monoisotopic (exact) mass is 442 g/mol. The van der Waals surface area contributed by atoms with Crippen molar-refractivity contribution in [1.29, 1.82) is 0 Å². The summed E-state index contributed by atoms with van der Waals surface area (Å²) < 4.78 is 5.67. The van der Waals surface area contributed by atoms with Gasteiger partial charge in [-0.15, -0.1) is 24.8 Å². The maximum atomic E-state index is 12.3. The minimum atomic E-state index is -0.496. The summed E-state index contributed by atoms with van der Waals surface area (Å²) in [5.74, 6) is 2.13. The van der Waals surface area contributed by atoms with Crippen LogP contribution < -0.4 is 11.1 Å². The van der Waals surface area contributed by atoms with Crippen LogP contribution in [0.1, 0.15) is 35.7 Å². The summed E-state index contributed by atoms with van der Waals surface area (Å²) in [7, 11) is 0. The molecule has 3 rings (SSSR count). The zero-order valence-corrected chi connectivity index (χ0v) is 18.7. The molecule has 8 heteroatoms. The molecule has 1 aliphatic rings. The molecule has 1 atom stereocenters. The van der Waals surface area contributed by atoms with E-state index in [0.29, 0.717) is 18.9 Å². The van der Waals surface area contributed by atoms with Crippen LogP contribution in [0.3, 0.4) is 0 Å². The van der Waals surface area contributed by atoms with Gasteiger partial charge in [0, 0.05) is 6.54 Å². The van der Waals surface area contributed by atoms with E-state index in [0.717, 1.165) is 55.4 Å². The summed E-state index contributed by atoms with van der Waals surface area (Å²) in [6.45, 7) is 7.37. The molecule has 0 aliphatic carbocycles. The van der Waals surface area contributed by atoms with Crippen molar-refractivity contribution in [3.63, 3.8) is 0 Å². The van der Waals surface area contributed by atoms with Crippen LogP contribution in [0.4, 0.5) is 0 Å². The summed E-state index contributed by atoms with van der Waals surface area (Å²) in [6, 6.07) is 9.40. The van der Waals surface area contributed by atoms with E-state index in [9.17, 15) is 4.79 Å². The second-order valence-corrected chi connectivity index (χ2v) is 7.51. The predicted molar refractivity (Wildman–Crippen MR) is 120 cm³/mol. The number of halogens is 2. The zero-order valence-electron chi connectivity index (χ0n) is 17.1. The van der Waals surface area contributed by atoms with Gasteiger partial charge in [0.1, 0.15) is 5.76 Å². The Morgan fingerprint density at radius 2 is 1.90 bits per heavy atom. The first-order chi connectivity index (χ1) is 13.0. The Morgan fingerprint density at radius 3 is 2.48 bits per heavy atom. The lowest BCUT2D eigenvalue weighted by molar-refractivity contribution is -0.122. The third-order valence-electron chi connectivity index (χ3n) is 5.34. The summed E-state index contributed by atoms with van der Waals surface area (Å²) in [5, 5.41) is 3.03. The van der Waals surface area contributed by atoms with Crippen molar-refractivity contribution in [1.82, 2.24) is 15.2 Å². The topological polar surface area (TPSA) is 84.4 Å². The number of nitrogens with two attached hydrogens (primary N) is 1. The van der Waals surface area contributed by atoms with Gasteiger partial charge in [-0.3, -0.25) is 9.69 Å². The second kappa shape index (κ2) is 12.2. The Morgan fingerprint density at radius 1 is 1.24 bits per heavy atom. The maximum Gasteiger partial charge on any atom is 0.237 e. The molecule has 1 fully saturated rings. The summed E-state index contributed by atoms with van der Waals surface area (Å²) >= 11 is 0. The highest BCUT2D eigenvalue weighted by Crippen LogP contribution is 2.19. The number of benzene rings is 1. The molecule has 6 nitrogen and oxygen atoms in total. The molecule has 0 spiro atoms. The summed E-state index contributed by atoms with van der Waals surface area (Å²) in [4.78, 5) is 19.1. The average Bonchev–Trinajstić information content (AvgIpc) is 2.98. The second-order valence-electron chi connectivity index (χ2n) is 7.51. The van der Waals surface area contributed by atoms with Crippen molar-refractivity contribution in [2.75, 3.05) is 19.6 Å². The van der Waals surface area contributed by atoms with Crippen LogP contribution in [0, 0.1) is 19.8 Å². The number of rotatable bonds is 7. The van der Waals surface area contributed by atoms with Crippen molar-refractivity contribution in [3.05, 3.63) is 53.2 Å². The molecule has 1 amide bonds. The minimum Gasteiger partial charge on any atom is -0.444 e. The Kier molecular flexibility index (Phi) is 10.7. The number of hydrogen-bond donors (Lipinski definition) is 2. The number of oxazole rings is 1. The number of piperidine rings is 1. The quantitative estimate of drug-likeness (QED) is 0.687. The SMILES string of the molecule is Cc1nc(CN2CCC(CNC(=O)C(N)Cc3ccccc3)CC2)oc1C.Cl.Cl. The highest BCUT2D eigenvalue weighted by atomic mass is 35.5. The average molecular weight is 443 g/mol. The Balaban J connectivity index is 0.00000210. The highest BCUT2D eigenvalue weighted by Gasteiger charge is 2.22. The Hall–Kier alpha value is -1.60. The molecule has 0 bridgehead atoms. The first-order valence-electron chi connectivity index (χ1n) is 9.73. The molecular weight excluding hydrogens is 411 g/mol. The van der Waals surface area contributed by atoms with Gasteiger partial charge in [0.25, 0.3) is 0 Å². The van der Waals surface area contributed by atoms with Crippen LogP contribution in [0.25, 0.3) is 0 Å². The maximum absolute atomic E-state index is 12.3. The molecule has 1 aromatic heterocycles. The van der Waals surface area contributed by atoms with Crippen LogP contribution in [0.5, 0.6) is 0 Å². The lowest BCUT2D eigenvalue weighted by Gasteiger charge is -2.31. The third-order valence-corrected chi connectivity index (χ3v) is 5.34. The van der Waals surface area contributed by atoms with Gasteiger partial charge in [0.2, 0.25) is 11.8 Å². The molecule has 1 aliphatic heterocycles. The van der Waals surface area contributed by atoms with Crippen LogP contribution >= 0.6 is 24.8 Å². The van der Waals surface area contributed by atoms with E-state index in [1.54, 1.807) is 0 Å². The standard InChI is InChI=1S/C21H30N4O2.2ClH/c1-15-16(2)27-20(24-15)14-25-10-8-18(9-11-25)13-23-21(26)19(22)12-17-6-4-3-5-7-17;;/h3-7,18-19H,8-14,22H2,1-2H3,(H,23,26);2*1H. The number of carbonyl (C=O) groups is 1. The number of likely N-dealkylation sites (tertiary alicyclic amines) is 1. The fraction of sp³-hybridized carbons (Fsp3) is 0.524. The van der Waals surface area contributed by atoms with Gasteiger partial charge in [-0.1, -0.05) is 30.3 Å².